The first kappa shape index (κ1) is 13.8. The highest BCUT2D eigenvalue weighted by molar-refractivity contribution is 5.74. The summed E-state index contributed by atoms with van der Waals surface area (Å²) in [7, 11) is 1.78. The summed E-state index contributed by atoms with van der Waals surface area (Å²) in [4.78, 5) is 23.9. The first-order valence-corrected chi connectivity index (χ1v) is 6.13. The van der Waals surface area contributed by atoms with E-state index in [2.05, 4.69) is 12.2 Å². The van der Waals surface area contributed by atoms with Crippen molar-refractivity contribution in [2.45, 2.75) is 26.7 Å². The van der Waals surface area contributed by atoms with Gasteiger partial charge in [-0.25, -0.2) is 4.79 Å². The molecule has 3 atom stereocenters. The zero-order valence-corrected chi connectivity index (χ0v) is 10.8. The molecule has 3 unspecified atom stereocenters. The van der Waals surface area contributed by atoms with Crippen LogP contribution in [0, 0.1) is 17.8 Å². The number of carboxylic acids is 1. The molecule has 98 valence electrons. The van der Waals surface area contributed by atoms with E-state index in [4.69, 9.17) is 5.11 Å². The van der Waals surface area contributed by atoms with E-state index in [1.165, 1.54) is 6.42 Å². The number of carbonyl (C=O) groups excluding carboxylic acids is 1. The van der Waals surface area contributed by atoms with Crippen LogP contribution in [0.5, 0.6) is 0 Å². The molecule has 1 fully saturated rings. The topological polar surface area (TPSA) is 69.6 Å². The Morgan fingerprint density at radius 1 is 1.53 bits per heavy atom. The third kappa shape index (κ3) is 4.63. The SMILES string of the molecule is CC(CCNC(=O)N(C)CC1CC1C)C(=O)O. The largest absolute Gasteiger partial charge is 0.481 e. The molecule has 1 rings (SSSR count). The third-order valence-electron chi connectivity index (χ3n) is 3.41. The van der Waals surface area contributed by atoms with Gasteiger partial charge in [0, 0.05) is 20.1 Å². The lowest BCUT2D eigenvalue weighted by molar-refractivity contribution is -0.141. The van der Waals surface area contributed by atoms with Gasteiger partial charge in [-0.3, -0.25) is 4.79 Å². The minimum atomic E-state index is -0.820. The number of nitrogens with zero attached hydrogens (tertiary/aromatic N) is 1. The van der Waals surface area contributed by atoms with Crippen LogP contribution in [-0.4, -0.2) is 42.1 Å². The van der Waals surface area contributed by atoms with Crippen LogP contribution in [-0.2, 0) is 4.79 Å². The van der Waals surface area contributed by atoms with E-state index in [9.17, 15) is 9.59 Å². The first-order valence-electron chi connectivity index (χ1n) is 6.13. The number of urea groups is 1. The number of hydrogen-bond acceptors (Lipinski definition) is 2. The molecule has 0 saturated heterocycles. The zero-order valence-electron chi connectivity index (χ0n) is 10.8. The highest BCUT2D eigenvalue weighted by atomic mass is 16.4. The molecule has 2 N–H and O–H groups in total. The van der Waals surface area contributed by atoms with Crippen LogP contribution in [0.25, 0.3) is 0 Å². The summed E-state index contributed by atoms with van der Waals surface area (Å²) in [5.41, 5.74) is 0. The maximum Gasteiger partial charge on any atom is 0.317 e. The number of aliphatic carboxylic acids is 1. The second-order valence-corrected chi connectivity index (χ2v) is 5.11. The molecular formula is C12H22N2O3. The van der Waals surface area contributed by atoms with Gasteiger partial charge in [0.15, 0.2) is 0 Å². The molecule has 5 nitrogen and oxygen atoms in total. The molecular weight excluding hydrogens is 220 g/mol. The van der Waals surface area contributed by atoms with Crippen LogP contribution in [0.3, 0.4) is 0 Å². The van der Waals surface area contributed by atoms with Crippen molar-refractivity contribution in [2.24, 2.45) is 17.8 Å². The van der Waals surface area contributed by atoms with Crippen LogP contribution in [0.2, 0.25) is 0 Å². The summed E-state index contributed by atoms with van der Waals surface area (Å²) >= 11 is 0. The summed E-state index contributed by atoms with van der Waals surface area (Å²) in [6.45, 7) is 5.04. The third-order valence-corrected chi connectivity index (χ3v) is 3.41. The maximum atomic E-state index is 11.6. The minimum absolute atomic E-state index is 0.110. The smallest absolute Gasteiger partial charge is 0.317 e. The van der Waals surface area contributed by atoms with E-state index in [-0.39, 0.29) is 6.03 Å². The molecule has 5 heteroatoms. The normalized spacial score (nSPS) is 23.9. The molecule has 0 aromatic rings. The Bertz CT molecular complexity index is 293. The van der Waals surface area contributed by atoms with Crippen LogP contribution < -0.4 is 5.32 Å². The Kier molecular flexibility index (Phi) is 4.78. The van der Waals surface area contributed by atoms with Gasteiger partial charge in [-0.15, -0.1) is 0 Å². The fourth-order valence-corrected chi connectivity index (χ4v) is 1.74. The molecule has 1 aliphatic carbocycles. The van der Waals surface area contributed by atoms with Gasteiger partial charge in [-0.1, -0.05) is 13.8 Å². The number of carboxylic acid groups (broad SMARTS) is 1. The van der Waals surface area contributed by atoms with E-state index in [1.807, 2.05) is 0 Å². The van der Waals surface area contributed by atoms with Crippen molar-refractivity contribution in [3.8, 4) is 0 Å². The van der Waals surface area contributed by atoms with Crippen molar-refractivity contribution in [1.82, 2.24) is 10.2 Å². The van der Waals surface area contributed by atoms with E-state index in [0.717, 1.165) is 12.5 Å². The fraction of sp³-hybridized carbons (Fsp3) is 0.833. The second kappa shape index (κ2) is 5.89. The fourth-order valence-electron chi connectivity index (χ4n) is 1.74. The Morgan fingerprint density at radius 3 is 2.59 bits per heavy atom. The average Bonchev–Trinajstić information content (AvgIpc) is 2.93. The van der Waals surface area contributed by atoms with E-state index in [0.29, 0.717) is 18.9 Å². The summed E-state index contributed by atoms with van der Waals surface area (Å²) in [6.07, 6.45) is 1.67. The predicted octanol–water partition coefficient (Wildman–Crippen LogP) is 1.39. The molecule has 2 amide bonds. The van der Waals surface area contributed by atoms with Crippen molar-refractivity contribution >= 4 is 12.0 Å². The molecule has 0 radical (unpaired) electrons. The van der Waals surface area contributed by atoms with Crippen LogP contribution >= 0.6 is 0 Å². The molecule has 0 aliphatic heterocycles. The molecule has 0 aromatic heterocycles. The highest BCUT2D eigenvalue weighted by Crippen LogP contribution is 2.37. The van der Waals surface area contributed by atoms with Gasteiger partial charge in [0.1, 0.15) is 0 Å². The van der Waals surface area contributed by atoms with Crippen molar-refractivity contribution in [3.05, 3.63) is 0 Å². The maximum absolute atomic E-state index is 11.6. The van der Waals surface area contributed by atoms with Gasteiger partial charge < -0.3 is 15.3 Å². The predicted molar refractivity (Wildman–Crippen MR) is 64.7 cm³/mol. The van der Waals surface area contributed by atoms with Crippen LogP contribution in [0.15, 0.2) is 0 Å². The number of hydrogen-bond donors (Lipinski definition) is 2. The molecule has 17 heavy (non-hydrogen) atoms. The molecule has 1 aliphatic rings. The number of rotatable bonds is 6. The van der Waals surface area contributed by atoms with Crippen molar-refractivity contribution in [3.63, 3.8) is 0 Å². The van der Waals surface area contributed by atoms with Crippen molar-refractivity contribution in [1.29, 1.82) is 0 Å². The van der Waals surface area contributed by atoms with Crippen molar-refractivity contribution in [2.75, 3.05) is 20.1 Å². The molecule has 0 aromatic carbocycles. The zero-order chi connectivity index (χ0) is 13.0. The van der Waals surface area contributed by atoms with Gasteiger partial charge in [0.05, 0.1) is 5.92 Å². The lowest BCUT2D eigenvalue weighted by atomic mass is 10.1. The van der Waals surface area contributed by atoms with Crippen LogP contribution in [0.4, 0.5) is 4.79 Å². The van der Waals surface area contributed by atoms with Gasteiger partial charge in [0.25, 0.3) is 0 Å². The molecule has 0 bridgehead atoms. The van der Waals surface area contributed by atoms with Gasteiger partial charge in [-0.2, -0.15) is 0 Å². The second-order valence-electron chi connectivity index (χ2n) is 5.11. The Balaban J connectivity index is 2.13. The van der Waals surface area contributed by atoms with Crippen LogP contribution in [0.1, 0.15) is 26.7 Å². The Morgan fingerprint density at radius 2 is 2.12 bits per heavy atom. The number of nitrogens with one attached hydrogen (secondary N) is 1. The molecule has 1 saturated carbocycles. The van der Waals surface area contributed by atoms with Crippen molar-refractivity contribution < 1.29 is 14.7 Å². The first-order chi connectivity index (χ1) is 7.91. The molecule has 0 spiro atoms. The van der Waals surface area contributed by atoms with E-state index >= 15 is 0 Å². The summed E-state index contributed by atoms with van der Waals surface area (Å²) < 4.78 is 0. The summed E-state index contributed by atoms with van der Waals surface area (Å²) in [6, 6.07) is -0.110. The van der Waals surface area contributed by atoms with E-state index < -0.39 is 11.9 Å². The van der Waals surface area contributed by atoms with Gasteiger partial charge >= 0.3 is 12.0 Å². The summed E-state index contributed by atoms with van der Waals surface area (Å²) in [5, 5.41) is 11.4. The van der Waals surface area contributed by atoms with E-state index in [1.54, 1.807) is 18.9 Å². The standard InChI is InChI=1S/C12H22N2O3/c1-8(11(15)16)4-5-13-12(17)14(3)7-10-6-9(10)2/h8-10H,4-7H2,1-3H3,(H,13,17)(H,15,16). The van der Waals surface area contributed by atoms with Gasteiger partial charge in [-0.05, 0) is 24.7 Å². The Hall–Kier alpha value is -1.26. The lowest BCUT2D eigenvalue weighted by Crippen LogP contribution is -2.39. The number of amides is 2. The quantitative estimate of drug-likeness (QED) is 0.739. The van der Waals surface area contributed by atoms with Gasteiger partial charge in [0.2, 0.25) is 0 Å². The lowest BCUT2D eigenvalue weighted by Gasteiger charge is -2.18. The monoisotopic (exact) mass is 242 g/mol. The Labute approximate surface area is 102 Å². The number of carbonyl (C=O) groups is 2. The molecule has 0 heterocycles. The average molecular weight is 242 g/mol. The minimum Gasteiger partial charge on any atom is -0.481 e. The summed E-state index contributed by atoms with van der Waals surface area (Å²) in [5.74, 6) is 0.143. The highest BCUT2D eigenvalue weighted by Gasteiger charge is 2.34.